The normalized spacial score (nSPS) is 11.6. The molecule has 0 radical (unpaired) electrons. The molecule has 142 valence electrons. The smallest absolute Gasteiger partial charge is 0.407 e. The fourth-order valence-electron chi connectivity index (χ4n) is 2.39. The summed E-state index contributed by atoms with van der Waals surface area (Å²) < 4.78 is 10.1. The maximum absolute atomic E-state index is 12.5. The van der Waals surface area contributed by atoms with Crippen molar-refractivity contribution in [2.24, 2.45) is 5.10 Å². The summed E-state index contributed by atoms with van der Waals surface area (Å²) in [5, 5.41) is 6.53. The minimum absolute atomic E-state index is 0.220. The summed E-state index contributed by atoms with van der Waals surface area (Å²) in [7, 11) is 1.56. The first-order valence-electron chi connectivity index (χ1n) is 8.57. The van der Waals surface area contributed by atoms with Crippen LogP contribution in [-0.2, 0) is 16.0 Å². The quantitative estimate of drug-likeness (QED) is 0.553. The first kappa shape index (κ1) is 20.0. The van der Waals surface area contributed by atoms with Crippen LogP contribution in [-0.4, -0.2) is 38.0 Å². The number of rotatable bonds is 8. The van der Waals surface area contributed by atoms with E-state index in [1.54, 1.807) is 20.1 Å². The monoisotopic (exact) mass is 369 g/mol. The Morgan fingerprint density at radius 2 is 1.81 bits per heavy atom. The number of benzene rings is 2. The molecule has 7 nitrogen and oxygen atoms in total. The molecule has 0 saturated carbocycles. The van der Waals surface area contributed by atoms with Crippen LogP contribution < -0.4 is 15.5 Å². The lowest BCUT2D eigenvalue weighted by atomic mass is 10.1. The van der Waals surface area contributed by atoms with Gasteiger partial charge in [0.05, 0.1) is 19.9 Å². The summed E-state index contributed by atoms with van der Waals surface area (Å²) in [5.41, 5.74) is 4.08. The van der Waals surface area contributed by atoms with Crippen LogP contribution in [0.5, 0.6) is 5.75 Å². The number of hydrogen-bond acceptors (Lipinski definition) is 5. The Labute approximate surface area is 158 Å². The molecule has 0 bridgehead atoms. The Kier molecular flexibility index (Phi) is 7.84. The highest BCUT2D eigenvalue weighted by Gasteiger charge is 2.21. The second kappa shape index (κ2) is 10.6. The maximum Gasteiger partial charge on any atom is 0.407 e. The number of nitrogens with zero attached hydrogens (tertiary/aromatic N) is 1. The second-order valence-electron chi connectivity index (χ2n) is 5.58. The van der Waals surface area contributed by atoms with Gasteiger partial charge in [-0.25, -0.2) is 10.2 Å². The molecule has 2 amide bonds. The summed E-state index contributed by atoms with van der Waals surface area (Å²) in [6.45, 7) is 1.92. The van der Waals surface area contributed by atoms with Gasteiger partial charge in [-0.2, -0.15) is 5.10 Å². The topological polar surface area (TPSA) is 89.0 Å². The van der Waals surface area contributed by atoms with Crippen LogP contribution in [0.1, 0.15) is 18.1 Å². The lowest BCUT2D eigenvalue weighted by Crippen LogP contribution is -2.47. The van der Waals surface area contributed by atoms with Gasteiger partial charge in [0.1, 0.15) is 11.8 Å². The molecule has 7 heteroatoms. The van der Waals surface area contributed by atoms with Crippen LogP contribution >= 0.6 is 0 Å². The van der Waals surface area contributed by atoms with Crippen molar-refractivity contribution < 1.29 is 19.1 Å². The van der Waals surface area contributed by atoms with Crippen molar-refractivity contribution in [3.63, 3.8) is 0 Å². The summed E-state index contributed by atoms with van der Waals surface area (Å²) in [6.07, 6.45) is 1.15. The molecule has 2 aromatic carbocycles. The number of hydrogen-bond donors (Lipinski definition) is 2. The standard InChI is InChI=1S/C20H23N3O4/c1-3-27-20(25)22-17(13-15-9-5-4-6-10-15)19(24)23-21-14-16-11-7-8-12-18(16)26-2/h4-12,14,17H,3,13H2,1-2H3,(H,22,25)(H,23,24)/b21-14-/t17-/m1/s1. The van der Waals surface area contributed by atoms with E-state index >= 15 is 0 Å². The van der Waals surface area contributed by atoms with Gasteiger partial charge in [0.15, 0.2) is 0 Å². The number of ether oxygens (including phenoxy) is 2. The first-order chi connectivity index (χ1) is 13.1. The van der Waals surface area contributed by atoms with Gasteiger partial charge in [-0.1, -0.05) is 42.5 Å². The molecule has 0 unspecified atom stereocenters. The van der Waals surface area contributed by atoms with Gasteiger partial charge in [-0.3, -0.25) is 4.79 Å². The lowest BCUT2D eigenvalue weighted by Gasteiger charge is -2.16. The van der Waals surface area contributed by atoms with Crippen LogP contribution in [0.15, 0.2) is 59.7 Å². The average Bonchev–Trinajstić information content (AvgIpc) is 2.68. The summed E-state index contributed by atoms with van der Waals surface area (Å²) in [5.74, 6) is 0.194. The predicted molar refractivity (Wildman–Crippen MR) is 103 cm³/mol. The fraction of sp³-hybridized carbons (Fsp3) is 0.250. The third-order valence-corrected chi connectivity index (χ3v) is 3.68. The molecule has 0 aromatic heterocycles. The molecule has 2 N–H and O–H groups in total. The molecule has 2 aromatic rings. The van der Waals surface area contributed by atoms with E-state index < -0.39 is 18.0 Å². The Morgan fingerprint density at radius 3 is 2.52 bits per heavy atom. The van der Waals surface area contributed by atoms with E-state index in [9.17, 15) is 9.59 Å². The molecule has 0 saturated heterocycles. The molecule has 27 heavy (non-hydrogen) atoms. The Bertz CT molecular complexity index is 778. The van der Waals surface area contributed by atoms with Gasteiger partial charge < -0.3 is 14.8 Å². The van der Waals surface area contributed by atoms with Gasteiger partial charge in [0.25, 0.3) is 5.91 Å². The highest BCUT2D eigenvalue weighted by atomic mass is 16.5. The Morgan fingerprint density at radius 1 is 1.11 bits per heavy atom. The van der Waals surface area contributed by atoms with Crippen LogP contribution in [0.2, 0.25) is 0 Å². The summed E-state index contributed by atoms with van der Waals surface area (Å²) in [6, 6.07) is 15.9. The Balaban J connectivity index is 2.05. The summed E-state index contributed by atoms with van der Waals surface area (Å²) in [4.78, 5) is 24.3. The van der Waals surface area contributed by atoms with Crippen molar-refractivity contribution >= 4 is 18.2 Å². The predicted octanol–water partition coefficient (Wildman–Crippen LogP) is 2.50. The third-order valence-electron chi connectivity index (χ3n) is 3.68. The highest BCUT2D eigenvalue weighted by molar-refractivity contribution is 5.88. The van der Waals surface area contributed by atoms with Gasteiger partial charge in [0.2, 0.25) is 0 Å². The van der Waals surface area contributed by atoms with E-state index in [2.05, 4.69) is 15.8 Å². The molecular weight excluding hydrogens is 346 g/mol. The number of carbonyl (C=O) groups excluding carboxylic acids is 2. The largest absolute Gasteiger partial charge is 0.496 e. The zero-order chi connectivity index (χ0) is 19.5. The average molecular weight is 369 g/mol. The molecule has 0 heterocycles. The van der Waals surface area contributed by atoms with E-state index in [0.29, 0.717) is 12.2 Å². The van der Waals surface area contributed by atoms with Gasteiger partial charge in [-0.05, 0) is 24.6 Å². The third kappa shape index (κ3) is 6.47. The van der Waals surface area contributed by atoms with Gasteiger partial charge in [-0.15, -0.1) is 0 Å². The number of hydrazone groups is 1. The van der Waals surface area contributed by atoms with E-state index in [1.165, 1.54) is 6.21 Å². The number of alkyl carbamates (subject to hydrolysis) is 1. The number of nitrogens with one attached hydrogen (secondary N) is 2. The van der Waals surface area contributed by atoms with Crippen LogP contribution in [0.3, 0.4) is 0 Å². The van der Waals surface area contributed by atoms with Crippen molar-refractivity contribution in [2.75, 3.05) is 13.7 Å². The second-order valence-corrected chi connectivity index (χ2v) is 5.58. The minimum atomic E-state index is -0.818. The lowest BCUT2D eigenvalue weighted by molar-refractivity contribution is -0.123. The molecule has 2 rings (SSSR count). The number of methoxy groups -OCH3 is 1. The van der Waals surface area contributed by atoms with Crippen molar-refractivity contribution in [2.45, 2.75) is 19.4 Å². The summed E-state index contributed by atoms with van der Waals surface area (Å²) >= 11 is 0. The molecular formula is C20H23N3O4. The first-order valence-corrected chi connectivity index (χ1v) is 8.57. The number of amides is 2. The minimum Gasteiger partial charge on any atom is -0.496 e. The van der Waals surface area contributed by atoms with E-state index in [4.69, 9.17) is 9.47 Å². The van der Waals surface area contributed by atoms with Crippen molar-refractivity contribution in [3.05, 3.63) is 65.7 Å². The maximum atomic E-state index is 12.5. The number of carbonyl (C=O) groups is 2. The van der Waals surface area contributed by atoms with Crippen molar-refractivity contribution in [1.29, 1.82) is 0 Å². The fourth-order valence-corrected chi connectivity index (χ4v) is 2.39. The van der Waals surface area contributed by atoms with E-state index in [1.807, 2.05) is 48.5 Å². The Hall–Kier alpha value is -3.35. The molecule has 0 fully saturated rings. The SMILES string of the molecule is CCOC(=O)N[C@H](Cc1ccccc1)C(=O)N/N=C\c1ccccc1OC. The van der Waals surface area contributed by atoms with E-state index in [0.717, 1.165) is 11.1 Å². The number of para-hydroxylation sites is 1. The van der Waals surface area contributed by atoms with Crippen LogP contribution in [0.25, 0.3) is 0 Å². The van der Waals surface area contributed by atoms with Gasteiger partial charge in [0, 0.05) is 12.0 Å². The zero-order valence-electron chi connectivity index (χ0n) is 15.3. The molecule has 1 atom stereocenters. The van der Waals surface area contributed by atoms with E-state index in [-0.39, 0.29) is 6.61 Å². The van der Waals surface area contributed by atoms with Crippen LogP contribution in [0.4, 0.5) is 4.79 Å². The molecule has 0 aliphatic carbocycles. The highest BCUT2D eigenvalue weighted by Crippen LogP contribution is 2.14. The zero-order valence-corrected chi connectivity index (χ0v) is 15.3. The van der Waals surface area contributed by atoms with Gasteiger partial charge >= 0.3 is 6.09 Å². The molecule has 0 aliphatic rings. The molecule has 0 spiro atoms. The van der Waals surface area contributed by atoms with Crippen molar-refractivity contribution in [3.8, 4) is 5.75 Å². The molecule has 0 aliphatic heterocycles. The van der Waals surface area contributed by atoms with Crippen LogP contribution in [0, 0.1) is 0 Å². The van der Waals surface area contributed by atoms with Crippen molar-refractivity contribution in [1.82, 2.24) is 10.7 Å².